The van der Waals surface area contributed by atoms with Gasteiger partial charge in [-0.1, -0.05) is 20.3 Å². The zero-order valence-electron chi connectivity index (χ0n) is 13.6. The van der Waals surface area contributed by atoms with E-state index in [2.05, 4.69) is 24.1 Å². The van der Waals surface area contributed by atoms with Gasteiger partial charge in [-0.15, -0.1) is 0 Å². The highest BCUT2D eigenvalue weighted by atomic mass is 15.2. The molecule has 5 unspecified atom stereocenters. The van der Waals surface area contributed by atoms with Crippen molar-refractivity contribution in [2.75, 3.05) is 19.6 Å². The molecule has 0 aromatic carbocycles. The second kappa shape index (κ2) is 6.79. The molecule has 1 saturated heterocycles. The van der Waals surface area contributed by atoms with E-state index in [0.29, 0.717) is 0 Å². The van der Waals surface area contributed by atoms with Crippen LogP contribution in [0.3, 0.4) is 0 Å². The van der Waals surface area contributed by atoms with Crippen LogP contribution < -0.4 is 5.32 Å². The lowest BCUT2D eigenvalue weighted by Crippen LogP contribution is -2.50. The minimum atomic E-state index is 0.790. The van der Waals surface area contributed by atoms with Crippen molar-refractivity contribution in [3.05, 3.63) is 0 Å². The molecule has 0 radical (unpaired) electrons. The van der Waals surface area contributed by atoms with Gasteiger partial charge in [0.05, 0.1) is 0 Å². The van der Waals surface area contributed by atoms with E-state index in [-0.39, 0.29) is 0 Å². The first-order valence-corrected chi connectivity index (χ1v) is 9.25. The Morgan fingerprint density at radius 2 is 1.90 bits per heavy atom. The highest BCUT2D eigenvalue weighted by Gasteiger charge is 2.37. The average molecular weight is 278 g/mol. The molecular formula is C18H34N2. The monoisotopic (exact) mass is 278 g/mol. The summed E-state index contributed by atoms with van der Waals surface area (Å²) in [5.74, 6) is 2.89. The van der Waals surface area contributed by atoms with Gasteiger partial charge in [0.15, 0.2) is 0 Å². The van der Waals surface area contributed by atoms with Gasteiger partial charge in [-0.2, -0.15) is 0 Å². The van der Waals surface area contributed by atoms with Crippen molar-refractivity contribution >= 4 is 0 Å². The third-order valence-corrected chi connectivity index (χ3v) is 6.29. The normalized spacial score (nSPS) is 42.6. The zero-order valence-corrected chi connectivity index (χ0v) is 13.6. The second-order valence-corrected chi connectivity index (χ2v) is 7.74. The lowest BCUT2D eigenvalue weighted by molar-refractivity contribution is 0.0684. The van der Waals surface area contributed by atoms with Gasteiger partial charge in [0.2, 0.25) is 0 Å². The molecule has 3 fully saturated rings. The van der Waals surface area contributed by atoms with Gasteiger partial charge in [-0.3, -0.25) is 4.90 Å². The molecule has 2 saturated carbocycles. The summed E-state index contributed by atoms with van der Waals surface area (Å²) in [5.41, 5.74) is 0. The first-order chi connectivity index (χ1) is 9.78. The number of rotatable bonds is 4. The Hall–Kier alpha value is -0.0800. The third-order valence-electron chi connectivity index (χ3n) is 6.29. The molecule has 2 heteroatoms. The van der Waals surface area contributed by atoms with Crippen molar-refractivity contribution < 1.29 is 0 Å². The topological polar surface area (TPSA) is 15.3 Å². The van der Waals surface area contributed by atoms with E-state index < -0.39 is 0 Å². The van der Waals surface area contributed by atoms with E-state index in [9.17, 15) is 0 Å². The van der Waals surface area contributed by atoms with Gasteiger partial charge >= 0.3 is 0 Å². The maximum atomic E-state index is 3.78. The minimum Gasteiger partial charge on any atom is -0.314 e. The lowest BCUT2D eigenvalue weighted by Gasteiger charge is -2.43. The fourth-order valence-electron chi connectivity index (χ4n) is 5.32. The standard InChI is InChI=1S/C18H34N2/c1-3-19-17-10-9-14(2)12-16(17)13-20-11-5-7-15-6-4-8-18(15)20/h14-19H,3-13H2,1-2H3. The summed E-state index contributed by atoms with van der Waals surface area (Å²) < 4.78 is 0. The van der Waals surface area contributed by atoms with E-state index in [1.54, 1.807) is 0 Å². The van der Waals surface area contributed by atoms with Crippen LogP contribution in [-0.4, -0.2) is 36.6 Å². The minimum absolute atomic E-state index is 0.790. The Balaban J connectivity index is 1.61. The number of nitrogens with zero attached hydrogens (tertiary/aromatic N) is 1. The Morgan fingerprint density at radius 1 is 1.05 bits per heavy atom. The quantitative estimate of drug-likeness (QED) is 0.844. The summed E-state index contributed by atoms with van der Waals surface area (Å²) in [7, 11) is 0. The fourth-order valence-corrected chi connectivity index (χ4v) is 5.32. The molecule has 0 aromatic rings. The summed E-state index contributed by atoms with van der Waals surface area (Å²) >= 11 is 0. The molecule has 20 heavy (non-hydrogen) atoms. The molecule has 0 bridgehead atoms. The van der Waals surface area contributed by atoms with Crippen molar-refractivity contribution in [3.8, 4) is 0 Å². The lowest BCUT2D eigenvalue weighted by atomic mass is 9.77. The van der Waals surface area contributed by atoms with Crippen molar-refractivity contribution in [3.63, 3.8) is 0 Å². The Bertz CT molecular complexity index is 304. The highest BCUT2D eigenvalue weighted by molar-refractivity contribution is 4.92. The first-order valence-electron chi connectivity index (χ1n) is 9.25. The van der Waals surface area contributed by atoms with E-state index in [0.717, 1.165) is 36.4 Å². The Morgan fingerprint density at radius 3 is 2.75 bits per heavy atom. The van der Waals surface area contributed by atoms with Crippen molar-refractivity contribution in [2.45, 2.75) is 77.3 Å². The molecule has 0 spiro atoms. The summed E-state index contributed by atoms with van der Waals surface area (Å²) in [6.45, 7) is 8.63. The predicted molar refractivity (Wildman–Crippen MR) is 85.9 cm³/mol. The first kappa shape index (κ1) is 14.8. The number of piperidine rings is 1. The third kappa shape index (κ3) is 3.22. The molecule has 1 aliphatic heterocycles. The molecule has 2 aliphatic carbocycles. The number of fused-ring (bicyclic) bond motifs is 1. The van der Waals surface area contributed by atoms with Crippen molar-refractivity contribution in [1.29, 1.82) is 0 Å². The molecule has 5 atom stereocenters. The Kier molecular flexibility index (Phi) is 5.04. The fraction of sp³-hybridized carbons (Fsp3) is 1.00. The van der Waals surface area contributed by atoms with E-state index in [1.165, 1.54) is 64.5 Å². The molecule has 0 amide bonds. The van der Waals surface area contributed by atoms with Gasteiger partial charge in [-0.05, 0) is 75.8 Å². The predicted octanol–water partition coefficient (Wildman–Crippen LogP) is 3.67. The SMILES string of the molecule is CCNC1CCC(C)CC1CN1CCCC2CCCC21. The van der Waals surface area contributed by atoms with Crippen LogP contribution in [0.5, 0.6) is 0 Å². The zero-order chi connectivity index (χ0) is 13.9. The van der Waals surface area contributed by atoms with Crippen LogP contribution in [0.1, 0.15) is 65.2 Å². The van der Waals surface area contributed by atoms with Gasteiger partial charge in [0.1, 0.15) is 0 Å². The van der Waals surface area contributed by atoms with E-state index >= 15 is 0 Å². The molecule has 0 aromatic heterocycles. The molecular weight excluding hydrogens is 244 g/mol. The molecule has 3 aliphatic rings. The maximum Gasteiger partial charge on any atom is 0.0124 e. The van der Waals surface area contributed by atoms with Gasteiger partial charge < -0.3 is 5.32 Å². The number of nitrogens with one attached hydrogen (secondary N) is 1. The van der Waals surface area contributed by atoms with Crippen LogP contribution in [0.4, 0.5) is 0 Å². The Labute approximate surface area is 125 Å². The summed E-state index contributed by atoms with van der Waals surface area (Å²) in [5, 5.41) is 3.78. The van der Waals surface area contributed by atoms with Crippen LogP contribution in [0, 0.1) is 17.8 Å². The van der Waals surface area contributed by atoms with Gasteiger partial charge in [0.25, 0.3) is 0 Å². The summed E-state index contributed by atoms with van der Waals surface area (Å²) in [6, 6.07) is 1.74. The van der Waals surface area contributed by atoms with E-state index in [1.807, 2.05) is 0 Å². The van der Waals surface area contributed by atoms with Crippen molar-refractivity contribution in [2.24, 2.45) is 17.8 Å². The van der Waals surface area contributed by atoms with Gasteiger partial charge in [0, 0.05) is 18.6 Å². The van der Waals surface area contributed by atoms with Crippen LogP contribution in [0.2, 0.25) is 0 Å². The summed E-state index contributed by atoms with van der Waals surface area (Å²) in [4.78, 5) is 2.90. The average Bonchev–Trinajstić information content (AvgIpc) is 2.91. The van der Waals surface area contributed by atoms with Crippen molar-refractivity contribution in [1.82, 2.24) is 10.2 Å². The number of hydrogen-bond acceptors (Lipinski definition) is 2. The van der Waals surface area contributed by atoms with Crippen LogP contribution in [-0.2, 0) is 0 Å². The number of hydrogen-bond donors (Lipinski definition) is 1. The maximum absolute atomic E-state index is 3.78. The smallest absolute Gasteiger partial charge is 0.0124 e. The molecule has 2 nitrogen and oxygen atoms in total. The van der Waals surface area contributed by atoms with Crippen LogP contribution in [0.25, 0.3) is 0 Å². The molecule has 3 rings (SSSR count). The van der Waals surface area contributed by atoms with Crippen LogP contribution >= 0.6 is 0 Å². The van der Waals surface area contributed by atoms with Gasteiger partial charge in [-0.25, -0.2) is 0 Å². The highest BCUT2D eigenvalue weighted by Crippen LogP contribution is 2.38. The molecule has 116 valence electrons. The van der Waals surface area contributed by atoms with Crippen LogP contribution in [0.15, 0.2) is 0 Å². The van der Waals surface area contributed by atoms with E-state index in [4.69, 9.17) is 0 Å². The number of likely N-dealkylation sites (tertiary alicyclic amines) is 1. The molecule has 1 N–H and O–H groups in total. The largest absolute Gasteiger partial charge is 0.314 e. The second-order valence-electron chi connectivity index (χ2n) is 7.74. The summed E-state index contributed by atoms with van der Waals surface area (Å²) in [6.07, 6.45) is 11.7. The molecule has 1 heterocycles.